The lowest BCUT2D eigenvalue weighted by molar-refractivity contribution is 0.289. The second-order valence-corrected chi connectivity index (χ2v) is 6.96. The maximum Gasteiger partial charge on any atom is 0.118 e. The van der Waals surface area contributed by atoms with E-state index in [1.807, 2.05) is 13.0 Å². The molecule has 0 aromatic heterocycles. The highest BCUT2D eigenvalue weighted by Crippen LogP contribution is 2.32. The zero-order valence-electron chi connectivity index (χ0n) is 13.4. The van der Waals surface area contributed by atoms with Crippen molar-refractivity contribution in [2.75, 3.05) is 5.32 Å². The van der Waals surface area contributed by atoms with Crippen LogP contribution < -0.4 is 5.32 Å². The summed E-state index contributed by atoms with van der Waals surface area (Å²) >= 11 is 0. The van der Waals surface area contributed by atoms with Crippen molar-refractivity contribution in [3.63, 3.8) is 0 Å². The molecule has 0 saturated heterocycles. The average Bonchev–Trinajstić information content (AvgIpc) is 2.35. The minimum absolute atomic E-state index is 0.398. The van der Waals surface area contributed by atoms with Crippen LogP contribution in [-0.2, 0) is 0 Å². The van der Waals surface area contributed by atoms with Crippen molar-refractivity contribution in [2.45, 2.75) is 65.8 Å². The number of hydrogen-bond donors (Lipinski definition) is 2. The maximum absolute atomic E-state index is 9.74. The largest absolute Gasteiger partial charge is 0.508 e. The molecule has 1 saturated carbocycles. The molecule has 0 amide bonds. The second-order valence-electron chi connectivity index (χ2n) is 6.96. The standard InChI is InChI=1S/C18H29NO/c1-12(2)8-15-6-5-7-16(11-15)19-17-9-14(4)18(20)10-13(17)3/h9-10,12,15-16,19-20H,5-8,11H2,1-4H3. The third-order valence-corrected chi connectivity index (χ3v) is 4.49. The summed E-state index contributed by atoms with van der Waals surface area (Å²) < 4.78 is 0. The number of anilines is 1. The summed E-state index contributed by atoms with van der Waals surface area (Å²) in [5.41, 5.74) is 3.28. The summed E-state index contributed by atoms with van der Waals surface area (Å²) in [5, 5.41) is 13.5. The molecule has 2 heteroatoms. The van der Waals surface area contributed by atoms with Crippen LogP contribution in [0.25, 0.3) is 0 Å². The van der Waals surface area contributed by atoms with Gasteiger partial charge in [-0.15, -0.1) is 0 Å². The van der Waals surface area contributed by atoms with Crippen LogP contribution in [0.2, 0.25) is 0 Å². The zero-order chi connectivity index (χ0) is 14.7. The summed E-state index contributed by atoms with van der Waals surface area (Å²) in [6.45, 7) is 8.67. The molecule has 2 nitrogen and oxygen atoms in total. The fourth-order valence-corrected chi connectivity index (χ4v) is 3.48. The lowest BCUT2D eigenvalue weighted by atomic mass is 9.81. The first-order chi connectivity index (χ1) is 9.45. The molecule has 1 aromatic carbocycles. The lowest BCUT2D eigenvalue weighted by Gasteiger charge is -2.32. The average molecular weight is 275 g/mol. The number of aromatic hydroxyl groups is 1. The quantitative estimate of drug-likeness (QED) is 0.756. The van der Waals surface area contributed by atoms with Crippen molar-refractivity contribution >= 4 is 5.69 Å². The molecule has 0 heterocycles. The van der Waals surface area contributed by atoms with E-state index in [0.29, 0.717) is 11.8 Å². The molecule has 20 heavy (non-hydrogen) atoms. The Morgan fingerprint density at radius 3 is 2.65 bits per heavy atom. The van der Waals surface area contributed by atoms with Crippen molar-refractivity contribution < 1.29 is 5.11 Å². The van der Waals surface area contributed by atoms with E-state index in [0.717, 1.165) is 23.0 Å². The van der Waals surface area contributed by atoms with Gasteiger partial charge in [0.1, 0.15) is 5.75 Å². The topological polar surface area (TPSA) is 32.3 Å². The van der Waals surface area contributed by atoms with Crippen LogP contribution in [0.4, 0.5) is 5.69 Å². The van der Waals surface area contributed by atoms with Gasteiger partial charge in [-0.3, -0.25) is 0 Å². The highest BCUT2D eigenvalue weighted by molar-refractivity contribution is 5.57. The van der Waals surface area contributed by atoms with Gasteiger partial charge in [0.2, 0.25) is 0 Å². The summed E-state index contributed by atoms with van der Waals surface area (Å²) in [5.74, 6) is 2.07. The van der Waals surface area contributed by atoms with Gasteiger partial charge in [-0.05, 0) is 68.2 Å². The summed E-state index contributed by atoms with van der Waals surface area (Å²) in [6.07, 6.45) is 6.65. The van der Waals surface area contributed by atoms with Gasteiger partial charge in [-0.2, -0.15) is 0 Å². The molecule has 1 aliphatic rings. The minimum atomic E-state index is 0.398. The molecule has 2 N–H and O–H groups in total. The molecule has 2 atom stereocenters. The Morgan fingerprint density at radius 1 is 1.20 bits per heavy atom. The van der Waals surface area contributed by atoms with Gasteiger partial charge in [0.15, 0.2) is 0 Å². The Morgan fingerprint density at radius 2 is 1.95 bits per heavy atom. The SMILES string of the molecule is Cc1cc(NC2CCCC(CC(C)C)C2)c(C)cc1O. The van der Waals surface area contributed by atoms with E-state index in [-0.39, 0.29) is 0 Å². The first kappa shape index (κ1) is 15.2. The molecule has 1 aliphatic carbocycles. The number of benzene rings is 1. The normalized spacial score (nSPS) is 23.1. The van der Waals surface area contributed by atoms with Crippen LogP contribution in [0.15, 0.2) is 12.1 Å². The van der Waals surface area contributed by atoms with Gasteiger partial charge in [0.05, 0.1) is 0 Å². The first-order valence-electron chi connectivity index (χ1n) is 8.02. The number of rotatable bonds is 4. The van der Waals surface area contributed by atoms with E-state index in [2.05, 4.69) is 32.2 Å². The summed E-state index contributed by atoms with van der Waals surface area (Å²) in [4.78, 5) is 0. The molecule has 2 rings (SSSR count). The minimum Gasteiger partial charge on any atom is -0.508 e. The lowest BCUT2D eigenvalue weighted by Crippen LogP contribution is -2.28. The highest BCUT2D eigenvalue weighted by Gasteiger charge is 2.23. The van der Waals surface area contributed by atoms with Gasteiger partial charge < -0.3 is 10.4 Å². The number of nitrogens with one attached hydrogen (secondary N) is 1. The Hall–Kier alpha value is -1.18. The van der Waals surface area contributed by atoms with Crippen molar-refractivity contribution in [2.24, 2.45) is 11.8 Å². The summed E-state index contributed by atoms with van der Waals surface area (Å²) in [7, 11) is 0. The van der Waals surface area contributed by atoms with Crippen LogP contribution in [0.5, 0.6) is 5.75 Å². The van der Waals surface area contributed by atoms with Crippen LogP contribution in [0, 0.1) is 25.7 Å². The number of phenols is 1. The van der Waals surface area contributed by atoms with Gasteiger partial charge in [-0.25, -0.2) is 0 Å². The van der Waals surface area contributed by atoms with Gasteiger partial charge >= 0.3 is 0 Å². The molecule has 2 unspecified atom stereocenters. The molecule has 112 valence electrons. The number of aryl methyl sites for hydroxylation is 2. The van der Waals surface area contributed by atoms with E-state index >= 15 is 0 Å². The van der Waals surface area contributed by atoms with E-state index in [9.17, 15) is 5.11 Å². The van der Waals surface area contributed by atoms with Crippen molar-refractivity contribution in [1.82, 2.24) is 0 Å². The number of phenolic OH excluding ortho intramolecular Hbond substituents is 1. The van der Waals surface area contributed by atoms with Gasteiger partial charge in [0.25, 0.3) is 0 Å². The highest BCUT2D eigenvalue weighted by atomic mass is 16.3. The van der Waals surface area contributed by atoms with Crippen LogP contribution >= 0.6 is 0 Å². The van der Waals surface area contributed by atoms with Crippen LogP contribution in [0.3, 0.4) is 0 Å². The monoisotopic (exact) mass is 275 g/mol. The van der Waals surface area contributed by atoms with E-state index < -0.39 is 0 Å². The molecule has 0 radical (unpaired) electrons. The van der Waals surface area contributed by atoms with Crippen molar-refractivity contribution in [3.05, 3.63) is 23.3 Å². The van der Waals surface area contributed by atoms with Crippen LogP contribution in [0.1, 0.15) is 57.1 Å². The Labute approximate surface area is 123 Å². The van der Waals surface area contributed by atoms with Gasteiger partial charge in [0, 0.05) is 11.7 Å². The van der Waals surface area contributed by atoms with Crippen LogP contribution in [-0.4, -0.2) is 11.1 Å². The van der Waals surface area contributed by atoms with E-state index in [1.54, 1.807) is 0 Å². The Kier molecular flexibility index (Phi) is 4.95. The first-order valence-corrected chi connectivity index (χ1v) is 8.02. The number of hydrogen-bond acceptors (Lipinski definition) is 2. The molecular formula is C18H29NO. The molecule has 0 aliphatic heterocycles. The third-order valence-electron chi connectivity index (χ3n) is 4.49. The fraction of sp³-hybridized carbons (Fsp3) is 0.667. The predicted octanol–water partition coefficient (Wildman–Crippen LogP) is 5.03. The maximum atomic E-state index is 9.74. The molecule has 0 bridgehead atoms. The second kappa shape index (κ2) is 6.51. The predicted molar refractivity (Wildman–Crippen MR) is 86.4 cm³/mol. The molecule has 1 aromatic rings. The van der Waals surface area contributed by atoms with Crippen molar-refractivity contribution in [1.29, 1.82) is 0 Å². The summed E-state index contributed by atoms with van der Waals surface area (Å²) in [6, 6.07) is 4.54. The zero-order valence-corrected chi connectivity index (χ0v) is 13.4. The van der Waals surface area contributed by atoms with Gasteiger partial charge in [-0.1, -0.05) is 26.7 Å². The van der Waals surface area contributed by atoms with E-state index in [4.69, 9.17) is 0 Å². The smallest absolute Gasteiger partial charge is 0.118 e. The molecule has 0 spiro atoms. The molecular weight excluding hydrogens is 246 g/mol. The Bertz CT molecular complexity index is 453. The Balaban J connectivity index is 2.01. The molecule has 1 fully saturated rings. The fourth-order valence-electron chi connectivity index (χ4n) is 3.48. The van der Waals surface area contributed by atoms with Crippen molar-refractivity contribution in [3.8, 4) is 5.75 Å². The van der Waals surface area contributed by atoms with E-state index in [1.165, 1.54) is 37.8 Å². The third kappa shape index (κ3) is 3.91.